The average molecular weight is 449 g/mol. The van der Waals surface area contributed by atoms with Crippen molar-refractivity contribution in [1.82, 2.24) is 14.4 Å². The number of methoxy groups -OCH3 is 1. The van der Waals surface area contributed by atoms with Gasteiger partial charge in [-0.3, -0.25) is 0 Å². The summed E-state index contributed by atoms with van der Waals surface area (Å²) in [6, 6.07) is 17.2. The number of hydrogen-bond donors (Lipinski definition) is 0. The smallest absolute Gasteiger partial charge is 0.496 e. The normalized spacial score (nSPS) is 11.8. The van der Waals surface area contributed by atoms with Crippen LogP contribution >= 0.6 is 0 Å². The summed E-state index contributed by atoms with van der Waals surface area (Å²) in [5.74, 6) is 0.476. The summed E-state index contributed by atoms with van der Waals surface area (Å²) in [6.07, 6.45) is -1.09. The number of alkyl halides is 3. The molecule has 0 bridgehead atoms. The molecule has 2 aromatic carbocycles. The minimum Gasteiger partial charge on any atom is -0.496 e. The predicted molar refractivity (Wildman–Crippen MR) is 119 cm³/mol. The number of ether oxygens (including phenoxy) is 2. The lowest BCUT2D eigenvalue weighted by Crippen LogP contribution is -2.17. The zero-order valence-electron chi connectivity index (χ0n) is 17.7. The van der Waals surface area contributed by atoms with Gasteiger partial charge in [-0.1, -0.05) is 24.3 Å². The van der Waals surface area contributed by atoms with Gasteiger partial charge >= 0.3 is 6.36 Å². The molecule has 0 radical (unpaired) electrons. The van der Waals surface area contributed by atoms with Crippen molar-refractivity contribution in [2.24, 2.45) is 0 Å². The van der Waals surface area contributed by atoms with Gasteiger partial charge in [0.05, 0.1) is 18.3 Å². The highest BCUT2D eigenvalue weighted by atomic mass is 19.4. The lowest BCUT2D eigenvalue weighted by molar-refractivity contribution is -0.274. The molecule has 0 aliphatic heterocycles. The molecule has 5 nitrogen and oxygen atoms in total. The van der Waals surface area contributed by atoms with E-state index < -0.39 is 6.36 Å². The number of pyridine rings is 2. The number of aromatic nitrogens is 3. The van der Waals surface area contributed by atoms with Crippen LogP contribution in [0.3, 0.4) is 0 Å². The first kappa shape index (κ1) is 20.8. The summed E-state index contributed by atoms with van der Waals surface area (Å²) in [4.78, 5) is 9.49. The van der Waals surface area contributed by atoms with Crippen molar-refractivity contribution in [3.05, 3.63) is 78.6 Å². The fourth-order valence-electron chi connectivity index (χ4n) is 3.94. The molecule has 3 heterocycles. The molecule has 0 amide bonds. The Bertz CT molecular complexity index is 1490. The molecule has 5 rings (SSSR count). The highest BCUT2D eigenvalue weighted by molar-refractivity contribution is 5.89. The summed E-state index contributed by atoms with van der Waals surface area (Å²) in [6.45, 7) is 1.94. The first-order valence-electron chi connectivity index (χ1n) is 10.1. The number of para-hydroxylation sites is 1. The highest BCUT2D eigenvalue weighted by Crippen LogP contribution is 2.35. The van der Waals surface area contributed by atoms with Crippen molar-refractivity contribution >= 4 is 16.6 Å². The van der Waals surface area contributed by atoms with E-state index in [0.717, 1.165) is 27.8 Å². The molecule has 0 aliphatic carbocycles. The first-order valence-corrected chi connectivity index (χ1v) is 10.1. The Morgan fingerprint density at radius 1 is 0.879 bits per heavy atom. The van der Waals surface area contributed by atoms with E-state index in [9.17, 15) is 13.2 Å². The topological polar surface area (TPSA) is 48.7 Å². The quantitative estimate of drug-likeness (QED) is 0.317. The Morgan fingerprint density at radius 2 is 1.70 bits per heavy atom. The van der Waals surface area contributed by atoms with Gasteiger partial charge in [0.15, 0.2) is 0 Å². The van der Waals surface area contributed by atoms with E-state index in [0.29, 0.717) is 22.6 Å². The number of rotatable bonds is 4. The van der Waals surface area contributed by atoms with E-state index >= 15 is 0 Å². The van der Waals surface area contributed by atoms with Crippen molar-refractivity contribution in [3.8, 4) is 34.0 Å². The van der Waals surface area contributed by atoms with Crippen LogP contribution in [0.4, 0.5) is 13.2 Å². The van der Waals surface area contributed by atoms with Gasteiger partial charge in [0.1, 0.15) is 22.8 Å². The molecule has 0 spiro atoms. The fourth-order valence-corrected chi connectivity index (χ4v) is 3.94. The van der Waals surface area contributed by atoms with Crippen LogP contribution in [0.15, 0.2) is 73.1 Å². The van der Waals surface area contributed by atoms with Gasteiger partial charge in [-0.25, -0.2) is 9.97 Å². The minimum atomic E-state index is -4.74. The largest absolute Gasteiger partial charge is 0.573 e. The molecule has 0 saturated heterocycles. The Morgan fingerprint density at radius 3 is 2.48 bits per heavy atom. The standard InChI is InChI=1S/C25H18F3N3O2/c1-15-23(30-20-9-4-3-8-19(20)24(15)32-2)21-14-31-13-17(10-11-22(31)29-21)16-6-5-7-18(12-16)33-25(26,27)28/h3-14H,1-2H3. The van der Waals surface area contributed by atoms with Gasteiger partial charge in [-0.15, -0.1) is 13.2 Å². The number of benzene rings is 2. The van der Waals surface area contributed by atoms with Gasteiger partial charge in [0.2, 0.25) is 0 Å². The summed E-state index contributed by atoms with van der Waals surface area (Å²) in [5.41, 5.74) is 5.05. The first-order chi connectivity index (χ1) is 15.8. The van der Waals surface area contributed by atoms with Gasteiger partial charge in [-0.05, 0) is 54.4 Å². The zero-order chi connectivity index (χ0) is 23.2. The molecule has 5 aromatic rings. The maximum absolute atomic E-state index is 12.6. The maximum Gasteiger partial charge on any atom is 0.573 e. The molecule has 8 heteroatoms. The number of nitrogens with zero attached hydrogens (tertiary/aromatic N) is 3. The van der Waals surface area contributed by atoms with Gasteiger partial charge in [0, 0.05) is 23.3 Å². The second-order valence-electron chi connectivity index (χ2n) is 7.52. The van der Waals surface area contributed by atoms with Gasteiger partial charge < -0.3 is 13.9 Å². The Hall–Kier alpha value is -4.07. The van der Waals surface area contributed by atoms with Crippen molar-refractivity contribution in [1.29, 1.82) is 0 Å². The lowest BCUT2D eigenvalue weighted by atomic mass is 10.1. The lowest BCUT2D eigenvalue weighted by Gasteiger charge is -2.11. The molecular formula is C25H18F3N3O2. The van der Waals surface area contributed by atoms with Crippen LogP contribution in [0.2, 0.25) is 0 Å². The Kier molecular flexibility index (Phi) is 4.92. The molecule has 0 fully saturated rings. The number of hydrogen-bond acceptors (Lipinski definition) is 4. The van der Waals surface area contributed by atoms with Crippen LogP contribution < -0.4 is 9.47 Å². The van der Waals surface area contributed by atoms with E-state index in [2.05, 4.69) is 4.74 Å². The number of fused-ring (bicyclic) bond motifs is 2. The van der Waals surface area contributed by atoms with Crippen molar-refractivity contribution in [2.45, 2.75) is 13.3 Å². The second kappa shape index (κ2) is 7.81. The summed E-state index contributed by atoms with van der Waals surface area (Å²) in [5, 5.41) is 0.924. The van der Waals surface area contributed by atoms with Crippen LogP contribution in [-0.2, 0) is 0 Å². The van der Waals surface area contributed by atoms with Crippen molar-refractivity contribution in [2.75, 3.05) is 7.11 Å². The van der Waals surface area contributed by atoms with E-state index in [1.165, 1.54) is 18.2 Å². The summed E-state index contributed by atoms with van der Waals surface area (Å²) < 4.78 is 49.3. The molecule has 3 aromatic heterocycles. The van der Waals surface area contributed by atoms with Crippen LogP contribution in [0, 0.1) is 6.92 Å². The molecule has 0 N–H and O–H groups in total. The highest BCUT2D eigenvalue weighted by Gasteiger charge is 2.31. The van der Waals surface area contributed by atoms with Gasteiger partial charge in [0.25, 0.3) is 0 Å². The minimum absolute atomic E-state index is 0.269. The van der Waals surface area contributed by atoms with E-state index in [1.807, 2.05) is 54.0 Å². The molecular weight excluding hydrogens is 431 g/mol. The van der Waals surface area contributed by atoms with Gasteiger partial charge in [-0.2, -0.15) is 0 Å². The number of halogens is 3. The average Bonchev–Trinajstić information content (AvgIpc) is 3.21. The van der Waals surface area contributed by atoms with Crippen LogP contribution in [-0.4, -0.2) is 27.8 Å². The maximum atomic E-state index is 12.6. The van der Waals surface area contributed by atoms with Crippen LogP contribution in [0.5, 0.6) is 11.5 Å². The molecule has 0 aliphatic rings. The van der Waals surface area contributed by atoms with Crippen molar-refractivity contribution < 1.29 is 22.6 Å². The summed E-state index contributed by atoms with van der Waals surface area (Å²) in [7, 11) is 1.63. The third-order valence-corrected chi connectivity index (χ3v) is 5.38. The monoisotopic (exact) mass is 449 g/mol. The predicted octanol–water partition coefficient (Wildman–Crippen LogP) is 6.43. The Labute approximate surface area is 187 Å². The van der Waals surface area contributed by atoms with E-state index in [1.54, 1.807) is 19.2 Å². The third-order valence-electron chi connectivity index (χ3n) is 5.38. The Balaban J connectivity index is 1.58. The van der Waals surface area contributed by atoms with E-state index in [-0.39, 0.29) is 5.75 Å². The molecule has 33 heavy (non-hydrogen) atoms. The third kappa shape index (κ3) is 3.95. The second-order valence-corrected chi connectivity index (χ2v) is 7.52. The summed E-state index contributed by atoms with van der Waals surface area (Å²) >= 11 is 0. The molecule has 0 unspecified atom stereocenters. The zero-order valence-corrected chi connectivity index (χ0v) is 17.7. The molecule has 0 saturated carbocycles. The molecule has 0 atom stereocenters. The SMILES string of the molecule is COc1c(C)c(-c2cn3cc(-c4cccc(OC(F)(F)F)c4)ccc3n2)nc2ccccc12. The fraction of sp³-hybridized carbons (Fsp3) is 0.120. The number of imidazole rings is 1. The molecule has 166 valence electrons. The van der Waals surface area contributed by atoms with Crippen LogP contribution in [0.1, 0.15) is 5.56 Å². The van der Waals surface area contributed by atoms with E-state index in [4.69, 9.17) is 14.7 Å². The van der Waals surface area contributed by atoms with Crippen LogP contribution in [0.25, 0.3) is 39.1 Å². The van der Waals surface area contributed by atoms with Crippen molar-refractivity contribution in [3.63, 3.8) is 0 Å².